The Morgan fingerprint density at radius 2 is 1.33 bits per heavy atom. The van der Waals surface area contributed by atoms with Crippen LogP contribution in [0.1, 0.15) is 84.0 Å². The fourth-order valence-electron chi connectivity index (χ4n) is 3.24. The van der Waals surface area contributed by atoms with Crippen LogP contribution in [0.3, 0.4) is 0 Å². The predicted octanol–water partition coefficient (Wildman–Crippen LogP) is 4.43. The standard InChI is InChI=1S/C25H38N2O5S/c1-22(28)25(30)26-21-17-12-10-8-6-4-2-3-5-7-9-11-16-20-24(29)27-33(31,32)23-18-14-13-15-19-23/h6,8,13-15,18-19H,2-5,7,9-12,16-17,20-21H2,1H3,(H,26,30)(H,27,29)/b8-6-. The van der Waals surface area contributed by atoms with E-state index >= 15 is 0 Å². The minimum Gasteiger partial charge on any atom is -0.350 e. The first kappa shape index (κ1) is 28.6. The number of carbonyl (C=O) groups excluding carboxylic acids is 3. The van der Waals surface area contributed by atoms with Gasteiger partial charge in [-0.2, -0.15) is 0 Å². The fraction of sp³-hybridized carbons (Fsp3) is 0.560. The topological polar surface area (TPSA) is 109 Å². The van der Waals surface area contributed by atoms with Gasteiger partial charge in [0.2, 0.25) is 11.7 Å². The summed E-state index contributed by atoms with van der Waals surface area (Å²) < 4.78 is 26.3. The summed E-state index contributed by atoms with van der Waals surface area (Å²) in [6.07, 6.45) is 15.8. The van der Waals surface area contributed by atoms with Gasteiger partial charge in [-0.25, -0.2) is 13.1 Å². The number of carbonyl (C=O) groups is 3. The first-order valence-electron chi connectivity index (χ1n) is 11.9. The lowest BCUT2D eigenvalue weighted by molar-refractivity contribution is -0.136. The fourth-order valence-corrected chi connectivity index (χ4v) is 4.28. The maximum absolute atomic E-state index is 12.1. The normalized spacial score (nSPS) is 11.4. The van der Waals surface area contributed by atoms with E-state index in [0.717, 1.165) is 57.8 Å². The van der Waals surface area contributed by atoms with Gasteiger partial charge in [-0.05, 0) is 50.7 Å². The second kappa shape index (κ2) is 17.1. The van der Waals surface area contributed by atoms with E-state index in [0.29, 0.717) is 13.0 Å². The van der Waals surface area contributed by atoms with Crippen molar-refractivity contribution in [2.45, 2.75) is 88.9 Å². The Morgan fingerprint density at radius 1 is 0.788 bits per heavy atom. The Hall–Kier alpha value is -2.48. The molecule has 0 radical (unpaired) electrons. The molecular formula is C25H38N2O5S. The van der Waals surface area contributed by atoms with Gasteiger partial charge in [-0.1, -0.05) is 62.5 Å². The molecule has 0 bridgehead atoms. The predicted molar refractivity (Wildman–Crippen MR) is 130 cm³/mol. The lowest BCUT2D eigenvalue weighted by atomic mass is 10.1. The number of benzene rings is 1. The zero-order valence-corrected chi connectivity index (χ0v) is 20.5. The number of hydrogen-bond donors (Lipinski definition) is 2. The molecule has 8 heteroatoms. The van der Waals surface area contributed by atoms with Gasteiger partial charge in [-0.15, -0.1) is 0 Å². The van der Waals surface area contributed by atoms with Gasteiger partial charge in [0.05, 0.1) is 4.90 Å². The highest BCUT2D eigenvalue weighted by molar-refractivity contribution is 7.90. The van der Waals surface area contributed by atoms with Crippen molar-refractivity contribution in [2.75, 3.05) is 6.54 Å². The molecule has 0 fully saturated rings. The van der Waals surface area contributed by atoms with E-state index in [-0.39, 0.29) is 11.3 Å². The van der Waals surface area contributed by atoms with Crippen LogP contribution >= 0.6 is 0 Å². The van der Waals surface area contributed by atoms with Crippen molar-refractivity contribution in [3.05, 3.63) is 42.5 Å². The highest BCUT2D eigenvalue weighted by Gasteiger charge is 2.16. The van der Waals surface area contributed by atoms with Gasteiger partial charge in [-0.3, -0.25) is 14.4 Å². The summed E-state index contributed by atoms with van der Waals surface area (Å²) in [6, 6.07) is 7.91. The SMILES string of the molecule is CC(=O)C(=O)NCCCC/C=C\CCCCCCCCCC(=O)NS(=O)(=O)c1ccccc1. The number of Topliss-reactive ketones (excluding diaryl/α,β-unsaturated/α-hetero) is 1. The molecular weight excluding hydrogens is 440 g/mol. The van der Waals surface area contributed by atoms with Crippen molar-refractivity contribution in [3.8, 4) is 0 Å². The van der Waals surface area contributed by atoms with Gasteiger partial charge in [0.15, 0.2) is 0 Å². The molecule has 1 aromatic carbocycles. The average Bonchev–Trinajstić information content (AvgIpc) is 2.78. The maximum Gasteiger partial charge on any atom is 0.287 e. The summed E-state index contributed by atoms with van der Waals surface area (Å²) >= 11 is 0. The highest BCUT2D eigenvalue weighted by atomic mass is 32.2. The van der Waals surface area contributed by atoms with E-state index in [2.05, 4.69) is 22.2 Å². The van der Waals surface area contributed by atoms with Gasteiger partial charge in [0, 0.05) is 19.9 Å². The number of nitrogens with one attached hydrogen (secondary N) is 2. The van der Waals surface area contributed by atoms with E-state index in [4.69, 9.17) is 0 Å². The molecule has 0 aliphatic heterocycles. The van der Waals surface area contributed by atoms with E-state index in [1.165, 1.54) is 25.5 Å². The molecule has 0 aliphatic rings. The number of allylic oxidation sites excluding steroid dienone is 2. The third-order valence-electron chi connectivity index (χ3n) is 5.15. The van der Waals surface area contributed by atoms with E-state index < -0.39 is 27.6 Å². The van der Waals surface area contributed by atoms with Crippen LogP contribution in [0, 0.1) is 0 Å². The second-order valence-electron chi connectivity index (χ2n) is 8.13. The maximum atomic E-state index is 12.1. The quantitative estimate of drug-likeness (QED) is 0.184. The first-order chi connectivity index (χ1) is 15.8. The van der Waals surface area contributed by atoms with Crippen molar-refractivity contribution >= 4 is 27.6 Å². The Labute approximate surface area is 198 Å². The van der Waals surface area contributed by atoms with Crippen molar-refractivity contribution in [1.29, 1.82) is 0 Å². The minimum absolute atomic E-state index is 0.101. The van der Waals surface area contributed by atoms with Gasteiger partial charge >= 0.3 is 0 Å². The number of rotatable bonds is 18. The number of hydrogen-bond acceptors (Lipinski definition) is 5. The molecule has 0 heterocycles. The lowest BCUT2D eigenvalue weighted by Gasteiger charge is -2.06. The number of sulfonamides is 1. The van der Waals surface area contributed by atoms with Gasteiger partial charge in [0.1, 0.15) is 0 Å². The molecule has 184 valence electrons. The average molecular weight is 479 g/mol. The van der Waals surface area contributed by atoms with Gasteiger partial charge in [0.25, 0.3) is 15.9 Å². The molecule has 0 saturated carbocycles. The molecule has 1 aromatic rings. The molecule has 2 N–H and O–H groups in total. The summed E-state index contributed by atoms with van der Waals surface area (Å²) in [7, 11) is -3.77. The number of unbranched alkanes of at least 4 members (excludes halogenated alkanes) is 9. The Bertz CT molecular complexity index is 851. The molecule has 0 spiro atoms. The van der Waals surface area contributed by atoms with Gasteiger partial charge < -0.3 is 5.32 Å². The monoisotopic (exact) mass is 478 g/mol. The number of amides is 2. The summed E-state index contributed by atoms with van der Waals surface area (Å²) in [4.78, 5) is 33.9. The van der Waals surface area contributed by atoms with E-state index in [1.807, 2.05) is 0 Å². The van der Waals surface area contributed by atoms with Crippen LogP contribution in [0.4, 0.5) is 0 Å². The second-order valence-corrected chi connectivity index (χ2v) is 9.82. The van der Waals surface area contributed by atoms with Crippen LogP contribution < -0.4 is 10.0 Å². The molecule has 0 aromatic heterocycles. The van der Waals surface area contributed by atoms with Crippen LogP contribution in [-0.2, 0) is 24.4 Å². The van der Waals surface area contributed by atoms with Crippen molar-refractivity contribution in [3.63, 3.8) is 0 Å². The molecule has 7 nitrogen and oxygen atoms in total. The van der Waals surface area contributed by atoms with Crippen molar-refractivity contribution in [2.24, 2.45) is 0 Å². The highest BCUT2D eigenvalue weighted by Crippen LogP contribution is 2.11. The molecule has 0 saturated heterocycles. The molecule has 0 unspecified atom stereocenters. The third-order valence-corrected chi connectivity index (χ3v) is 6.54. The molecule has 0 aliphatic carbocycles. The van der Waals surface area contributed by atoms with Crippen LogP contribution in [-0.4, -0.2) is 32.6 Å². The van der Waals surface area contributed by atoms with Crippen LogP contribution in [0.5, 0.6) is 0 Å². The van der Waals surface area contributed by atoms with E-state index in [9.17, 15) is 22.8 Å². The smallest absolute Gasteiger partial charge is 0.287 e. The molecule has 33 heavy (non-hydrogen) atoms. The summed E-state index contributed by atoms with van der Waals surface area (Å²) in [5, 5.41) is 2.59. The van der Waals surface area contributed by atoms with E-state index in [1.54, 1.807) is 18.2 Å². The summed E-state index contributed by atoms with van der Waals surface area (Å²) in [5.74, 6) is -1.41. The molecule has 2 amide bonds. The Kier molecular flexibility index (Phi) is 14.8. The minimum atomic E-state index is -3.77. The lowest BCUT2D eigenvalue weighted by Crippen LogP contribution is -2.30. The van der Waals surface area contributed by atoms with Crippen LogP contribution in [0.25, 0.3) is 0 Å². The van der Waals surface area contributed by atoms with Crippen molar-refractivity contribution < 1.29 is 22.8 Å². The van der Waals surface area contributed by atoms with Crippen LogP contribution in [0.2, 0.25) is 0 Å². The molecule has 0 atom stereocenters. The largest absolute Gasteiger partial charge is 0.350 e. The Morgan fingerprint density at radius 3 is 1.94 bits per heavy atom. The number of ketones is 1. The summed E-state index contributed by atoms with van der Waals surface area (Å²) in [5.41, 5.74) is 0. The van der Waals surface area contributed by atoms with Crippen molar-refractivity contribution in [1.82, 2.24) is 10.0 Å². The first-order valence-corrected chi connectivity index (χ1v) is 13.4. The molecule has 1 rings (SSSR count). The Balaban J connectivity index is 1.92. The zero-order valence-electron chi connectivity index (χ0n) is 19.7. The summed E-state index contributed by atoms with van der Waals surface area (Å²) in [6.45, 7) is 1.81. The van der Waals surface area contributed by atoms with Crippen LogP contribution in [0.15, 0.2) is 47.4 Å². The zero-order chi connectivity index (χ0) is 24.4. The third kappa shape index (κ3) is 14.3.